The lowest BCUT2D eigenvalue weighted by Crippen LogP contribution is -2.24. The van der Waals surface area contributed by atoms with Gasteiger partial charge in [-0.15, -0.1) is 0 Å². The Balaban J connectivity index is 1.97. The Morgan fingerprint density at radius 3 is 2.50 bits per heavy atom. The molecule has 0 heterocycles. The minimum Gasteiger partial charge on any atom is -0.490 e. The largest absolute Gasteiger partial charge is 0.490 e. The summed E-state index contributed by atoms with van der Waals surface area (Å²) in [6, 6.07) is 10.4. The van der Waals surface area contributed by atoms with Gasteiger partial charge in [0.1, 0.15) is 0 Å². The molecule has 0 aliphatic rings. The van der Waals surface area contributed by atoms with Crippen LogP contribution in [0.5, 0.6) is 5.75 Å². The average molecular weight is 394 g/mol. The number of benzene rings is 2. The molecule has 0 aliphatic carbocycles. The van der Waals surface area contributed by atoms with Gasteiger partial charge in [-0.2, -0.15) is 5.10 Å². The maximum atomic E-state index is 11.9. The molecule has 0 bridgehead atoms. The predicted octanol–water partition coefficient (Wildman–Crippen LogP) is 5.49. The molecule has 0 unspecified atom stereocenters. The Morgan fingerprint density at radius 1 is 1.23 bits per heavy atom. The fraction of sp³-hybridized carbons (Fsp3) is 0.263. The molecule has 0 aromatic heterocycles. The molecule has 2 amide bonds. The molecule has 0 aliphatic heterocycles. The van der Waals surface area contributed by atoms with Crippen molar-refractivity contribution < 1.29 is 9.53 Å². The zero-order valence-electron chi connectivity index (χ0n) is 14.8. The van der Waals surface area contributed by atoms with Crippen LogP contribution in [0.15, 0.2) is 41.5 Å². The van der Waals surface area contributed by atoms with Gasteiger partial charge in [0.15, 0.2) is 5.75 Å². The molecule has 26 heavy (non-hydrogen) atoms. The van der Waals surface area contributed by atoms with E-state index >= 15 is 0 Å². The van der Waals surface area contributed by atoms with Crippen molar-refractivity contribution in [2.75, 3.05) is 11.9 Å². The number of hydrogen-bond acceptors (Lipinski definition) is 3. The molecule has 0 spiro atoms. The van der Waals surface area contributed by atoms with E-state index in [1.807, 2.05) is 45.0 Å². The maximum absolute atomic E-state index is 11.9. The molecular formula is C19H21Cl2N3O2. The van der Waals surface area contributed by atoms with Crippen LogP contribution in [-0.2, 0) is 0 Å². The van der Waals surface area contributed by atoms with Crippen LogP contribution in [0.1, 0.15) is 25.0 Å². The van der Waals surface area contributed by atoms with Crippen molar-refractivity contribution >= 4 is 41.1 Å². The first-order chi connectivity index (χ1) is 12.4. The van der Waals surface area contributed by atoms with E-state index in [0.29, 0.717) is 33.9 Å². The van der Waals surface area contributed by atoms with E-state index in [0.717, 1.165) is 11.3 Å². The number of urea groups is 1. The quantitative estimate of drug-likeness (QED) is 0.503. The highest BCUT2D eigenvalue weighted by Crippen LogP contribution is 2.34. The van der Waals surface area contributed by atoms with Crippen LogP contribution in [0.4, 0.5) is 10.5 Å². The van der Waals surface area contributed by atoms with Crippen molar-refractivity contribution in [3.8, 4) is 5.75 Å². The number of rotatable bonds is 6. The van der Waals surface area contributed by atoms with Gasteiger partial charge < -0.3 is 10.1 Å². The summed E-state index contributed by atoms with van der Waals surface area (Å²) >= 11 is 12.4. The number of anilines is 1. The van der Waals surface area contributed by atoms with E-state index in [-0.39, 0.29) is 0 Å². The Hall–Kier alpha value is -2.24. The average Bonchev–Trinajstić information content (AvgIpc) is 2.56. The normalized spacial score (nSPS) is 11.0. The van der Waals surface area contributed by atoms with Crippen LogP contribution in [-0.4, -0.2) is 18.9 Å². The Morgan fingerprint density at radius 2 is 1.88 bits per heavy atom. The van der Waals surface area contributed by atoms with Crippen molar-refractivity contribution in [2.45, 2.75) is 20.8 Å². The maximum Gasteiger partial charge on any atom is 0.339 e. The number of carbonyl (C=O) groups is 1. The fourth-order valence-corrected chi connectivity index (χ4v) is 2.68. The monoisotopic (exact) mass is 393 g/mol. The predicted molar refractivity (Wildman–Crippen MR) is 108 cm³/mol. The summed E-state index contributed by atoms with van der Waals surface area (Å²) in [6.07, 6.45) is 1.46. The number of nitrogens with one attached hydrogen (secondary N) is 2. The van der Waals surface area contributed by atoms with E-state index in [4.69, 9.17) is 27.9 Å². The second-order valence-corrected chi connectivity index (χ2v) is 6.97. The van der Waals surface area contributed by atoms with E-state index in [1.54, 1.807) is 12.1 Å². The zero-order valence-corrected chi connectivity index (χ0v) is 16.4. The fourth-order valence-electron chi connectivity index (χ4n) is 2.07. The third-order valence-corrected chi connectivity index (χ3v) is 3.92. The summed E-state index contributed by atoms with van der Waals surface area (Å²) in [4.78, 5) is 11.9. The highest BCUT2D eigenvalue weighted by molar-refractivity contribution is 6.37. The minimum atomic E-state index is -0.440. The van der Waals surface area contributed by atoms with Gasteiger partial charge in [-0.25, -0.2) is 10.2 Å². The number of hydrazone groups is 1. The van der Waals surface area contributed by atoms with Gasteiger partial charge in [0.05, 0.1) is 22.9 Å². The molecule has 138 valence electrons. The van der Waals surface area contributed by atoms with E-state index in [2.05, 4.69) is 15.8 Å². The van der Waals surface area contributed by atoms with Crippen molar-refractivity contribution in [3.05, 3.63) is 57.6 Å². The number of carbonyl (C=O) groups excluding carboxylic acids is 1. The molecule has 0 saturated heterocycles. The molecule has 0 atom stereocenters. The van der Waals surface area contributed by atoms with Crippen molar-refractivity contribution in [1.29, 1.82) is 0 Å². The molecule has 0 radical (unpaired) electrons. The second-order valence-electron chi connectivity index (χ2n) is 6.16. The van der Waals surface area contributed by atoms with Crippen LogP contribution in [0.2, 0.25) is 10.0 Å². The number of para-hydroxylation sites is 1. The van der Waals surface area contributed by atoms with Gasteiger partial charge in [-0.05, 0) is 42.2 Å². The summed E-state index contributed by atoms with van der Waals surface area (Å²) in [6.45, 7) is 6.51. The smallest absolute Gasteiger partial charge is 0.339 e. The highest BCUT2D eigenvalue weighted by Gasteiger charge is 2.10. The first kappa shape index (κ1) is 20.1. The van der Waals surface area contributed by atoms with Gasteiger partial charge >= 0.3 is 6.03 Å². The van der Waals surface area contributed by atoms with Gasteiger partial charge in [0, 0.05) is 5.69 Å². The topological polar surface area (TPSA) is 62.7 Å². The lowest BCUT2D eigenvalue weighted by atomic mass is 10.2. The number of halogens is 2. The van der Waals surface area contributed by atoms with E-state index < -0.39 is 6.03 Å². The molecule has 2 rings (SSSR count). The third kappa shape index (κ3) is 5.93. The van der Waals surface area contributed by atoms with Crippen molar-refractivity contribution in [2.24, 2.45) is 11.0 Å². The summed E-state index contributed by atoms with van der Waals surface area (Å²) in [7, 11) is 0. The Labute approximate surface area is 163 Å². The minimum absolute atomic E-state index is 0.360. The standard InChI is InChI=1S/C19H21Cl2N3O2/c1-12(2)11-26-18-15(20)8-14(9-16(18)21)10-22-24-19(25)23-17-7-5-4-6-13(17)3/h4-10,12H,11H2,1-3H3,(H2,23,24,25)/b22-10-. The number of nitrogens with zero attached hydrogens (tertiary/aromatic N) is 1. The van der Waals surface area contributed by atoms with Gasteiger partial charge in [-0.1, -0.05) is 55.2 Å². The second kappa shape index (κ2) is 9.46. The lowest BCUT2D eigenvalue weighted by Gasteiger charge is -2.12. The summed E-state index contributed by atoms with van der Waals surface area (Å²) in [5, 5.41) is 7.41. The van der Waals surface area contributed by atoms with Crippen molar-refractivity contribution in [3.63, 3.8) is 0 Å². The first-order valence-electron chi connectivity index (χ1n) is 8.14. The SMILES string of the molecule is Cc1ccccc1NC(=O)N/N=C\c1cc(Cl)c(OCC(C)C)c(Cl)c1. The van der Waals surface area contributed by atoms with Crippen LogP contribution in [0.25, 0.3) is 0 Å². The molecule has 2 N–H and O–H groups in total. The zero-order chi connectivity index (χ0) is 19.1. The molecular weight excluding hydrogens is 373 g/mol. The number of aryl methyl sites for hydroxylation is 1. The van der Waals surface area contributed by atoms with Gasteiger partial charge in [0.25, 0.3) is 0 Å². The Kier molecular flexibility index (Phi) is 7.30. The van der Waals surface area contributed by atoms with Crippen LogP contribution >= 0.6 is 23.2 Å². The molecule has 5 nitrogen and oxygen atoms in total. The van der Waals surface area contributed by atoms with E-state index in [9.17, 15) is 4.79 Å². The Bertz CT molecular complexity index is 784. The molecule has 2 aromatic carbocycles. The van der Waals surface area contributed by atoms with Crippen molar-refractivity contribution in [1.82, 2.24) is 5.43 Å². The number of hydrogen-bond donors (Lipinski definition) is 2. The number of ether oxygens (including phenoxy) is 1. The molecule has 2 aromatic rings. The third-order valence-electron chi connectivity index (χ3n) is 3.35. The summed E-state index contributed by atoms with van der Waals surface area (Å²) in [5.74, 6) is 0.809. The number of amides is 2. The lowest BCUT2D eigenvalue weighted by molar-refractivity contribution is 0.252. The van der Waals surface area contributed by atoms with Crippen LogP contribution in [0, 0.1) is 12.8 Å². The summed E-state index contributed by atoms with van der Waals surface area (Å²) < 4.78 is 5.62. The molecule has 0 saturated carbocycles. The van der Waals surface area contributed by atoms with Crippen LogP contribution in [0.3, 0.4) is 0 Å². The van der Waals surface area contributed by atoms with Gasteiger partial charge in [0.2, 0.25) is 0 Å². The molecule has 0 fully saturated rings. The molecule has 7 heteroatoms. The summed E-state index contributed by atoms with van der Waals surface area (Å²) in [5.41, 5.74) is 4.73. The van der Waals surface area contributed by atoms with E-state index in [1.165, 1.54) is 6.21 Å². The van der Waals surface area contributed by atoms with Crippen LogP contribution < -0.4 is 15.5 Å². The highest BCUT2D eigenvalue weighted by atomic mass is 35.5. The van der Waals surface area contributed by atoms with Gasteiger partial charge in [-0.3, -0.25) is 0 Å². The first-order valence-corrected chi connectivity index (χ1v) is 8.90.